The number of guanidine groups is 1. The van der Waals surface area contributed by atoms with Crippen LogP contribution in [0.1, 0.15) is 32.8 Å². The van der Waals surface area contributed by atoms with Crippen molar-refractivity contribution in [1.82, 2.24) is 15.5 Å². The zero-order valence-electron chi connectivity index (χ0n) is 17.7. The lowest BCUT2D eigenvalue weighted by Gasteiger charge is -2.35. The molecule has 160 valence electrons. The van der Waals surface area contributed by atoms with Gasteiger partial charge in [-0.05, 0) is 51.3 Å². The summed E-state index contributed by atoms with van der Waals surface area (Å²) in [6.07, 6.45) is 2.68. The number of rotatable bonds is 9. The number of morpholine rings is 1. The van der Waals surface area contributed by atoms with Gasteiger partial charge >= 0.3 is 0 Å². The van der Waals surface area contributed by atoms with Crippen LogP contribution in [0.2, 0.25) is 0 Å². The summed E-state index contributed by atoms with van der Waals surface area (Å²) in [5.74, 6) is 1.79. The van der Waals surface area contributed by atoms with Gasteiger partial charge in [0.05, 0.1) is 19.3 Å². The molecule has 1 saturated heterocycles. The van der Waals surface area contributed by atoms with Gasteiger partial charge in [-0.25, -0.2) is 0 Å². The van der Waals surface area contributed by atoms with Gasteiger partial charge in [0, 0.05) is 39.3 Å². The first-order valence-electron chi connectivity index (χ1n) is 10.1. The SMILES string of the molecule is CCNC(=NCCCN1CC(C)OC(C)C1)NCCc1ccc(OC)cc1.I. The number of nitrogens with one attached hydrogen (secondary N) is 2. The summed E-state index contributed by atoms with van der Waals surface area (Å²) in [5.41, 5.74) is 1.29. The van der Waals surface area contributed by atoms with E-state index in [0.29, 0.717) is 12.2 Å². The molecular weight excluding hydrogens is 467 g/mol. The molecule has 2 rings (SSSR count). The van der Waals surface area contributed by atoms with E-state index < -0.39 is 0 Å². The van der Waals surface area contributed by atoms with E-state index in [9.17, 15) is 0 Å². The van der Waals surface area contributed by atoms with Crippen LogP contribution in [0.25, 0.3) is 0 Å². The molecule has 1 aromatic rings. The van der Waals surface area contributed by atoms with Crippen molar-refractivity contribution >= 4 is 29.9 Å². The lowest BCUT2D eigenvalue weighted by molar-refractivity contribution is -0.0679. The third-order valence-electron chi connectivity index (χ3n) is 4.61. The average Bonchev–Trinajstić information content (AvgIpc) is 2.65. The van der Waals surface area contributed by atoms with Crippen molar-refractivity contribution in [3.8, 4) is 5.75 Å². The van der Waals surface area contributed by atoms with Crippen molar-refractivity contribution in [2.24, 2.45) is 4.99 Å². The fourth-order valence-electron chi connectivity index (χ4n) is 3.41. The second-order valence-corrected chi connectivity index (χ2v) is 7.16. The van der Waals surface area contributed by atoms with Gasteiger partial charge in [0.15, 0.2) is 5.96 Å². The van der Waals surface area contributed by atoms with Crippen LogP contribution in [0.3, 0.4) is 0 Å². The Balaban J connectivity index is 0.00000392. The molecule has 7 heteroatoms. The van der Waals surface area contributed by atoms with E-state index in [1.54, 1.807) is 7.11 Å². The monoisotopic (exact) mass is 504 g/mol. The Kier molecular flexibility index (Phi) is 12.5. The molecule has 2 atom stereocenters. The molecule has 28 heavy (non-hydrogen) atoms. The van der Waals surface area contributed by atoms with E-state index in [2.05, 4.69) is 48.4 Å². The van der Waals surface area contributed by atoms with Crippen LogP contribution < -0.4 is 15.4 Å². The lowest BCUT2D eigenvalue weighted by atomic mass is 10.1. The van der Waals surface area contributed by atoms with Crippen molar-refractivity contribution in [3.63, 3.8) is 0 Å². The fourth-order valence-corrected chi connectivity index (χ4v) is 3.41. The molecule has 0 radical (unpaired) electrons. The molecule has 1 heterocycles. The predicted octanol–water partition coefficient (Wildman–Crippen LogP) is 2.91. The summed E-state index contributed by atoms with van der Waals surface area (Å²) < 4.78 is 11.0. The Bertz CT molecular complexity index is 558. The molecule has 0 saturated carbocycles. The second kappa shape index (κ2) is 14.0. The minimum absolute atomic E-state index is 0. The zero-order chi connectivity index (χ0) is 19.5. The lowest BCUT2D eigenvalue weighted by Crippen LogP contribution is -2.45. The molecule has 0 bridgehead atoms. The number of halogens is 1. The first kappa shape index (κ1) is 25.0. The maximum absolute atomic E-state index is 5.79. The van der Waals surface area contributed by atoms with Crippen LogP contribution in [-0.4, -0.2) is 69.4 Å². The van der Waals surface area contributed by atoms with Crippen molar-refractivity contribution in [1.29, 1.82) is 0 Å². The van der Waals surface area contributed by atoms with Gasteiger partial charge in [-0.3, -0.25) is 9.89 Å². The van der Waals surface area contributed by atoms with Crippen LogP contribution in [0.5, 0.6) is 5.75 Å². The minimum atomic E-state index is 0. The number of nitrogens with zero attached hydrogens (tertiary/aromatic N) is 2. The smallest absolute Gasteiger partial charge is 0.191 e. The molecule has 2 N–H and O–H groups in total. The molecule has 1 aromatic carbocycles. The van der Waals surface area contributed by atoms with Crippen molar-refractivity contribution < 1.29 is 9.47 Å². The Hall–Kier alpha value is -1.06. The average molecular weight is 504 g/mol. The van der Waals surface area contributed by atoms with Gasteiger partial charge in [-0.15, -0.1) is 24.0 Å². The molecule has 0 amide bonds. The predicted molar refractivity (Wildman–Crippen MR) is 127 cm³/mol. The van der Waals surface area contributed by atoms with Crippen molar-refractivity contribution in [2.75, 3.05) is 46.4 Å². The summed E-state index contributed by atoms with van der Waals surface area (Å²) >= 11 is 0. The number of ether oxygens (including phenoxy) is 2. The Morgan fingerprint density at radius 3 is 2.46 bits per heavy atom. The van der Waals surface area contributed by atoms with Gasteiger partial charge < -0.3 is 20.1 Å². The maximum atomic E-state index is 5.79. The maximum Gasteiger partial charge on any atom is 0.191 e. The van der Waals surface area contributed by atoms with Gasteiger partial charge in [0.2, 0.25) is 0 Å². The van der Waals surface area contributed by atoms with Crippen molar-refractivity contribution in [2.45, 2.75) is 45.8 Å². The zero-order valence-corrected chi connectivity index (χ0v) is 20.1. The van der Waals surface area contributed by atoms with Crippen molar-refractivity contribution in [3.05, 3.63) is 29.8 Å². The highest BCUT2D eigenvalue weighted by atomic mass is 127. The summed E-state index contributed by atoms with van der Waals surface area (Å²) in [7, 11) is 1.69. The summed E-state index contributed by atoms with van der Waals surface area (Å²) in [4.78, 5) is 7.20. The Morgan fingerprint density at radius 1 is 1.18 bits per heavy atom. The molecule has 1 fully saturated rings. The number of hydrogen-bond donors (Lipinski definition) is 2. The first-order valence-corrected chi connectivity index (χ1v) is 10.1. The highest BCUT2D eigenvalue weighted by Crippen LogP contribution is 2.12. The van der Waals surface area contributed by atoms with E-state index in [-0.39, 0.29) is 24.0 Å². The van der Waals surface area contributed by atoms with Gasteiger partial charge in [-0.2, -0.15) is 0 Å². The van der Waals surface area contributed by atoms with E-state index >= 15 is 0 Å². The van der Waals surface area contributed by atoms with E-state index in [1.165, 1.54) is 5.56 Å². The highest BCUT2D eigenvalue weighted by Gasteiger charge is 2.21. The molecular formula is C21H37IN4O2. The van der Waals surface area contributed by atoms with E-state index in [1.807, 2.05) is 12.1 Å². The third kappa shape index (κ3) is 9.43. The molecule has 2 unspecified atom stereocenters. The standard InChI is InChI=1S/C21H36N4O2.HI/c1-5-22-21(24-13-11-19-7-9-20(26-4)10-8-19)23-12-6-14-25-15-17(2)27-18(3)16-25;/h7-10,17-18H,5-6,11-16H2,1-4H3,(H2,22,23,24);1H. The van der Waals surface area contributed by atoms with Gasteiger partial charge in [-0.1, -0.05) is 12.1 Å². The van der Waals surface area contributed by atoms with Gasteiger partial charge in [0.1, 0.15) is 5.75 Å². The largest absolute Gasteiger partial charge is 0.497 e. The first-order chi connectivity index (χ1) is 13.1. The number of hydrogen-bond acceptors (Lipinski definition) is 4. The number of benzene rings is 1. The van der Waals surface area contributed by atoms with Gasteiger partial charge in [0.25, 0.3) is 0 Å². The van der Waals surface area contributed by atoms with Crippen LogP contribution in [-0.2, 0) is 11.2 Å². The molecule has 1 aliphatic heterocycles. The topological polar surface area (TPSA) is 58.1 Å². The molecule has 0 spiro atoms. The van der Waals surface area contributed by atoms with E-state index in [0.717, 1.165) is 63.8 Å². The Morgan fingerprint density at radius 2 is 1.86 bits per heavy atom. The summed E-state index contributed by atoms with van der Waals surface area (Å²) in [6, 6.07) is 8.22. The molecule has 1 aliphatic rings. The summed E-state index contributed by atoms with van der Waals surface area (Å²) in [6.45, 7) is 12.1. The van der Waals surface area contributed by atoms with Crippen LogP contribution >= 0.6 is 24.0 Å². The van der Waals surface area contributed by atoms with Crippen LogP contribution in [0.15, 0.2) is 29.3 Å². The van der Waals surface area contributed by atoms with E-state index in [4.69, 9.17) is 14.5 Å². The minimum Gasteiger partial charge on any atom is -0.497 e. The third-order valence-corrected chi connectivity index (χ3v) is 4.61. The van der Waals surface area contributed by atoms with Crippen LogP contribution in [0, 0.1) is 0 Å². The Labute approximate surface area is 187 Å². The summed E-state index contributed by atoms with van der Waals surface area (Å²) in [5, 5.41) is 6.75. The van der Waals surface area contributed by atoms with Crippen LogP contribution in [0.4, 0.5) is 0 Å². The fraction of sp³-hybridized carbons (Fsp3) is 0.667. The second-order valence-electron chi connectivity index (χ2n) is 7.16. The molecule has 6 nitrogen and oxygen atoms in total. The normalized spacial score (nSPS) is 20.4. The number of aliphatic imine (C=N–C) groups is 1. The molecule has 0 aromatic heterocycles. The number of methoxy groups -OCH3 is 1. The highest BCUT2D eigenvalue weighted by molar-refractivity contribution is 14.0. The quantitative estimate of drug-likeness (QED) is 0.235. The molecule has 0 aliphatic carbocycles.